The summed E-state index contributed by atoms with van der Waals surface area (Å²) in [6, 6.07) is 14.7. The summed E-state index contributed by atoms with van der Waals surface area (Å²) in [6.07, 6.45) is 0. The molecule has 1 heterocycles. The van der Waals surface area contributed by atoms with Crippen molar-refractivity contribution in [3.05, 3.63) is 93.9 Å². The average Bonchev–Trinajstić information content (AvgIpc) is 2.61. The molecule has 0 fully saturated rings. The molecule has 0 spiro atoms. The Morgan fingerprint density at radius 2 is 1.64 bits per heavy atom. The Hall–Kier alpha value is -3.35. The topological polar surface area (TPSA) is 64.0 Å². The van der Waals surface area contributed by atoms with Crippen molar-refractivity contribution in [2.45, 2.75) is 6.54 Å². The van der Waals surface area contributed by atoms with Crippen LogP contribution in [0.3, 0.4) is 0 Å². The van der Waals surface area contributed by atoms with E-state index >= 15 is 0 Å². The Kier molecular flexibility index (Phi) is 4.65. The molecule has 0 saturated carbocycles. The third kappa shape index (κ3) is 3.77. The largest absolute Gasteiger partial charge is 0.316 e. The van der Waals surface area contributed by atoms with Crippen molar-refractivity contribution < 1.29 is 13.6 Å². The van der Waals surface area contributed by atoms with Gasteiger partial charge in [0.05, 0.1) is 6.54 Å². The van der Waals surface area contributed by atoms with E-state index in [4.69, 9.17) is 0 Å². The number of hydrogen-bond donors (Lipinski definition) is 1. The first-order valence-corrected chi connectivity index (χ1v) is 7.42. The second-order valence-electron chi connectivity index (χ2n) is 5.25. The zero-order chi connectivity index (χ0) is 17.8. The fraction of sp³-hybridized carbons (Fsp3) is 0.0556. The smallest absolute Gasteiger partial charge is 0.276 e. The minimum atomic E-state index is -0.897. The van der Waals surface area contributed by atoms with Gasteiger partial charge < -0.3 is 5.32 Å². The van der Waals surface area contributed by atoms with E-state index in [1.807, 2.05) is 30.3 Å². The number of aromatic nitrogens is 2. The Balaban J connectivity index is 1.86. The van der Waals surface area contributed by atoms with Gasteiger partial charge in [0.25, 0.3) is 11.5 Å². The van der Waals surface area contributed by atoms with Crippen LogP contribution in [-0.2, 0) is 6.54 Å². The summed E-state index contributed by atoms with van der Waals surface area (Å²) in [4.78, 5) is 24.1. The summed E-state index contributed by atoms with van der Waals surface area (Å²) < 4.78 is 28.4. The van der Waals surface area contributed by atoms with Crippen LogP contribution in [0.5, 0.6) is 0 Å². The van der Waals surface area contributed by atoms with Gasteiger partial charge in [-0.05, 0) is 23.8 Å². The Labute approximate surface area is 141 Å². The number of carbonyl (C=O) groups excluding carboxylic acids is 1. The zero-order valence-electron chi connectivity index (χ0n) is 12.9. The van der Waals surface area contributed by atoms with E-state index in [0.29, 0.717) is 0 Å². The predicted molar refractivity (Wildman–Crippen MR) is 88.4 cm³/mol. The molecule has 3 rings (SSSR count). The molecule has 7 heteroatoms. The maximum atomic E-state index is 13.6. The number of nitrogens with zero attached hydrogens (tertiary/aromatic N) is 2. The highest BCUT2D eigenvalue weighted by Gasteiger charge is 2.15. The number of nitrogens with one attached hydrogen (secondary N) is 1. The molecule has 0 atom stereocenters. The van der Waals surface area contributed by atoms with Crippen LogP contribution in [-0.4, -0.2) is 15.7 Å². The molecule has 1 N–H and O–H groups in total. The lowest BCUT2D eigenvalue weighted by Crippen LogP contribution is -2.26. The van der Waals surface area contributed by atoms with Gasteiger partial charge in [-0.15, -0.1) is 0 Å². The van der Waals surface area contributed by atoms with Crippen molar-refractivity contribution in [3.63, 3.8) is 0 Å². The van der Waals surface area contributed by atoms with Gasteiger partial charge in [-0.2, -0.15) is 5.10 Å². The highest BCUT2D eigenvalue weighted by Crippen LogP contribution is 2.18. The van der Waals surface area contributed by atoms with Crippen LogP contribution >= 0.6 is 0 Å². The molecule has 0 bridgehead atoms. The fourth-order valence-corrected chi connectivity index (χ4v) is 2.23. The lowest BCUT2D eigenvalue weighted by Gasteiger charge is -2.09. The standard InChI is InChI=1S/C18H13F2N3O2/c19-13-7-4-8-14(20)17(13)21-18(25)15-9-10-16(24)23(22-15)11-12-5-2-1-3-6-12/h1-10H,11H2,(H,21,25). The minimum absolute atomic E-state index is 0.127. The van der Waals surface area contributed by atoms with Gasteiger partial charge in [-0.1, -0.05) is 36.4 Å². The van der Waals surface area contributed by atoms with Gasteiger partial charge in [-0.25, -0.2) is 13.5 Å². The van der Waals surface area contributed by atoms with Crippen LogP contribution in [0.1, 0.15) is 16.1 Å². The highest BCUT2D eigenvalue weighted by atomic mass is 19.1. The summed E-state index contributed by atoms with van der Waals surface area (Å²) in [5.74, 6) is -2.61. The predicted octanol–water partition coefficient (Wildman–Crippen LogP) is 2.82. The molecule has 0 aliphatic rings. The van der Waals surface area contributed by atoms with Crippen LogP contribution in [0.4, 0.5) is 14.5 Å². The number of halogens is 2. The molecule has 0 aliphatic carbocycles. The van der Waals surface area contributed by atoms with Crippen LogP contribution in [0.15, 0.2) is 65.5 Å². The first kappa shape index (κ1) is 16.5. The monoisotopic (exact) mass is 341 g/mol. The van der Waals surface area contributed by atoms with E-state index in [1.54, 1.807) is 0 Å². The Morgan fingerprint density at radius 3 is 2.32 bits per heavy atom. The van der Waals surface area contributed by atoms with E-state index < -0.39 is 28.8 Å². The molecule has 0 unspecified atom stereocenters. The fourth-order valence-electron chi connectivity index (χ4n) is 2.23. The van der Waals surface area contributed by atoms with Crippen LogP contribution in [0.25, 0.3) is 0 Å². The molecule has 1 amide bonds. The molecule has 0 aliphatic heterocycles. The van der Waals surface area contributed by atoms with Gasteiger partial charge in [0.2, 0.25) is 0 Å². The van der Waals surface area contributed by atoms with Crippen LogP contribution < -0.4 is 10.9 Å². The lowest BCUT2D eigenvalue weighted by molar-refractivity contribution is 0.101. The quantitative estimate of drug-likeness (QED) is 0.794. The third-order valence-corrected chi connectivity index (χ3v) is 3.48. The second-order valence-corrected chi connectivity index (χ2v) is 5.25. The van der Waals surface area contributed by atoms with Crippen LogP contribution in [0, 0.1) is 11.6 Å². The SMILES string of the molecule is O=C(Nc1c(F)cccc1F)c1ccc(=O)n(Cc2ccccc2)n1. The van der Waals surface area contributed by atoms with Crippen LogP contribution in [0.2, 0.25) is 0 Å². The number of benzene rings is 2. The molecule has 0 saturated heterocycles. The second kappa shape index (κ2) is 7.04. The summed E-state index contributed by atoms with van der Waals surface area (Å²) in [7, 11) is 0. The molecule has 1 aromatic heterocycles. The number of hydrogen-bond acceptors (Lipinski definition) is 3. The van der Waals surface area contributed by atoms with Gasteiger partial charge in [0.15, 0.2) is 0 Å². The minimum Gasteiger partial charge on any atom is -0.316 e. The molecule has 126 valence electrons. The van der Waals surface area contributed by atoms with Gasteiger partial charge in [0.1, 0.15) is 23.0 Å². The van der Waals surface area contributed by atoms with Crippen molar-refractivity contribution in [2.24, 2.45) is 0 Å². The molecule has 25 heavy (non-hydrogen) atoms. The normalized spacial score (nSPS) is 10.5. The van der Waals surface area contributed by atoms with Crippen molar-refractivity contribution in [3.8, 4) is 0 Å². The number of rotatable bonds is 4. The van der Waals surface area contributed by atoms with Crippen molar-refractivity contribution in [1.29, 1.82) is 0 Å². The Bertz CT molecular complexity index is 951. The first-order chi connectivity index (χ1) is 12.0. The van der Waals surface area contributed by atoms with Gasteiger partial charge in [0, 0.05) is 6.07 Å². The molecule has 2 aromatic carbocycles. The van der Waals surface area contributed by atoms with E-state index in [2.05, 4.69) is 10.4 Å². The van der Waals surface area contributed by atoms with Crippen molar-refractivity contribution in [1.82, 2.24) is 9.78 Å². The Morgan fingerprint density at radius 1 is 0.960 bits per heavy atom. The molecular formula is C18H13F2N3O2. The number of anilines is 1. The number of amides is 1. The van der Waals surface area contributed by atoms with E-state index in [-0.39, 0.29) is 12.2 Å². The first-order valence-electron chi connectivity index (χ1n) is 7.42. The van der Waals surface area contributed by atoms with E-state index in [9.17, 15) is 18.4 Å². The lowest BCUT2D eigenvalue weighted by atomic mass is 10.2. The van der Waals surface area contributed by atoms with Crippen molar-refractivity contribution >= 4 is 11.6 Å². The summed E-state index contributed by atoms with van der Waals surface area (Å²) in [6.45, 7) is 0.175. The van der Waals surface area contributed by atoms with Gasteiger partial charge in [-0.3, -0.25) is 9.59 Å². The maximum absolute atomic E-state index is 13.6. The highest BCUT2D eigenvalue weighted by molar-refractivity contribution is 6.02. The molecular weight excluding hydrogens is 328 g/mol. The van der Waals surface area contributed by atoms with Gasteiger partial charge >= 0.3 is 0 Å². The average molecular weight is 341 g/mol. The summed E-state index contributed by atoms with van der Waals surface area (Å²) in [5, 5.41) is 6.11. The third-order valence-electron chi connectivity index (χ3n) is 3.48. The summed E-state index contributed by atoms with van der Waals surface area (Å²) >= 11 is 0. The van der Waals surface area contributed by atoms with E-state index in [0.717, 1.165) is 22.4 Å². The summed E-state index contributed by atoms with van der Waals surface area (Å²) in [5.41, 5.74) is -0.249. The molecule has 5 nitrogen and oxygen atoms in total. The number of para-hydroxylation sites is 1. The zero-order valence-corrected chi connectivity index (χ0v) is 12.9. The number of carbonyl (C=O) groups is 1. The van der Waals surface area contributed by atoms with E-state index in [1.165, 1.54) is 18.2 Å². The molecule has 3 aromatic rings. The maximum Gasteiger partial charge on any atom is 0.276 e. The molecule has 0 radical (unpaired) electrons. The van der Waals surface area contributed by atoms with Crippen molar-refractivity contribution in [2.75, 3.05) is 5.32 Å².